The van der Waals surface area contributed by atoms with Crippen molar-refractivity contribution in [1.29, 1.82) is 0 Å². The van der Waals surface area contributed by atoms with Gasteiger partial charge in [0, 0.05) is 43.2 Å². The van der Waals surface area contributed by atoms with Crippen LogP contribution in [0.15, 0.2) is 29.3 Å². The molecule has 1 saturated heterocycles. The zero-order chi connectivity index (χ0) is 23.3. The lowest BCUT2D eigenvalue weighted by Crippen LogP contribution is -2.45. The highest BCUT2D eigenvalue weighted by atomic mass is 32.1. The Balaban J connectivity index is 1.23. The van der Waals surface area contributed by atoms with Crippen molar-refractivity contribution in [2.45, 2.75) is 56.8 Å². The molecule has 176 valence electrons. The predicted molar refractivity (Wildman–Crippen MR) is 133 cm³/mol. The summed E-state index contributed by atoms with van der Waals surface area (Å²) in [6.07, 6.45) is 7.07. The molecule has 2 unspecified atom stereocenters. The number of anilines is 1. The molecule has 3 aliphatic rings. The molecular formula is C24H32N6O2S. The molecule has 1 amide bonds. The molecule has 0 bridgehead atoms. The maximum absolute atomic E-state index is 13.0. The number of nitrogens with two attached hydrogens (primary N) is 2. The zero-order valence-corrected chi connectivity index (χ0v) is 20.2. The Hall–Kier alpha value is -2.49. The van der Waals surface area contributed by atoms with Crippen LogP contribution in [0.2, 0.25) is 0 Å². The number of aromatic nitrogens is 1. The van der Waals surface area contributed by atoms with Crippen LogP contribution in [0.4, 0.5) is 5.69 Å². The number of nitrogens with one attached hydrogen (secondary N) is 1. The Bertz CT molecular complexity index is 1140. The van der Waals surface area contributed by atoms with Gasteiger partial charge in [0.1, 0.15) is 15.5 Å². The molecule has 1 aliphatic carbocycles. The number of carbonyl (C=O) groups is 1. The van der Waals surface area contributed by atoms with E-state index in [2.05, 4.69) is 34.3 Å². The monoisotopic (exact) mass is 468 g/mol. The zero-order valence-electron chi connectivity index (χ0n) is 19.4. The summed E-state index contributed by atoms with van der Waals surface area (Å²) < 4.78 is 5.66. The Kier molecular flexibility index (Phi) is 5.66. The fraction of sp³-hybridized carbons (Fsp3) is 0.542. The van der Waals surface area contributed by atoms with E-state index in [9.17, 15) is 4.79 Å². The number of nitrogens with zero attached hydrogens (tertiary/aromatic N) is 3. The van der Waals surface area contributed by atoms with E-state index in [1.54, 1.807) is 7.11 Å². The molecule has 5 N–H and O–H groups in total. The first-order valence-electron chi connectivity index (χ1n) is 11.6. The fourth-order valence-electron chi connectivity index (χ4n) is 5.19. The number of methoxy groups -OCH3 is 1. The lowest BCUT2D eigenvalue weighted by atomic mass is 9.80. The van der Waals surface area contributed by atoms with Crippen LogP contribution in [0, 0.1) is 12.8 Å². The van der Waals surface area contributed by atoms with Gasteiger partial charge >= 0.3 is 0 Å². The van der Waals surface area contributed by atoms with Gasteiger partial charge in [-0.3, -0.25) is 9.79 Å². The first-order chi connectivity index (χ1) is 15.8. The van der Waals surface area contributed by atoms with Gasteiger partial charge in [-0.2, -0.15) is 0 Å². The average molecular weight is 469 g/mol. The van der Waals surface area contributed by atoms with Gasteiger partial charge < -0.3 is 26.4 Å². The minimum atomic E-state index is -0.349. The minimum absolute atomic E-state index is 0.0391. The third-order valence-corrected chi connectivity index (χ3v) is 8.54. The number of rotatable bonds is 3. The van der Waals surface area contributed by atoms with Gasteiger partial charge in [0.05, 0.1) is 23.4 Å². The molecule has 2 fully saturated rings. The van der Waals surface area contributed by atoms with Gasteiger partial charge in [0.15, 0.2) is 0 Å². The normalized spacial score (nSPS) is 31.5. The van der Waals surface area contributed by atoms with Crippen LogP contribution < -0.4 is 16.8 Å². The number of thiophene rings is 1. The SMILES string of the molecule is CO[C@]1(C)CN(C2=NC3CC[C@H](NC(=O)c4sc5nc(C)ccc5c4N)CC3C=C2)C[C@@H]1N. The average Bonchev–Trinajstić information content (AvgIpc) is 3.29. The van der Waals surface area contributed by atoms with Crippen molar-refractivity contribution in [3.63, 3.8) is 0 Å². The van der Waals surface area contributed by atoms with E-state index in [4.69, 9.17) is 21.2 Å². The molecule has 4 heterocycles. The van der Waals surface area contributed by atoms with E-state index in [-0.39, 0.29) is 29.6 Å². The molecule has 2 aliphatic heterocycles. The van der Waals surface area contributed by atoms with Crippen molar-refractivity contribution in [3.05, 3.63) is 34.9 Å². The number of likely N-dealkylation sites (tertiary alicyclic amines) is 1. The van der Waals surface area contributed by atoms with Crippen LogP contribution in [0.25, 0.3) is 10.2 Å². The van der Waals surface area contributed by atoms with Crippen molar-refractivity contribution in [3.8, 4) is 0 Å². The molecule has 0 aromatic carbocycles. The largest absolute Gasteiger partial charge is 0.397 e. The number of dihydropyridines is 1. The van der Waals surface area contributed by atoms with Crippen LogP contribution in [0.5, 0.6) is 0 Å². The Morgan fingerprint density at radius 2 is 2.18 bits per heavy atom. The number of nitrogen functional groups attached to an aromatic ring is 1. The van der Waals surface area contributed by atoms with Crippen LogP contribution in [0.3, 0.4) is 0 Å². The summed E-state index contributed by atoms with van der Waals surface area (Å²) in [6.45, 7) is 5.48. The van der Waals surface area contributed by atoms with E-state index in [1.165, 1.54) is 11.3 Å². The second-order valence-electron chi connectivity index (χ2n) is 9.72. The second kappa shape index (κ2) is 8.38. The van der Waals surface area contributed by atoms with Crippen LogP contribution in [0.1, 0.15) is 41.6 Å². The highest BCUT2D eigenvalue weighted by Gasteiger charge is 2.43. The quantitative estimate of drug-likeness (QED) is 0.637. The number of fused-ring (bicyclic) bond motifs is 2. The molecule has 5 atom stereocenters. The predicted octanol–water partition coefficient (Wildman–Crippen LogP) is 2.47. The summed E-state index contributed by atoms with van der Waals surface area (Å²) >= 11 is 1.36. The van der Waals surface area contributed by atoms with Crippen molar-refractivity contribution >= 4 is 39.0 Å². The lowest BCUT2D eigenvalue weighted by Gasteiger charge is -2.36. The van der Waals surface area contributed by atoms with Gasteiger partial charge in [0.25, 0.3) is 5.91 Å². The van der Waals surface area contributed by atoms with Gasteiger partial charge in [-0.1, -0.05) is 6.08 Å². The summed E-state index contributed by atoms with van der Waals surface area (Å²) in [5, 5.41) is 4.06. The fourth-order valence-corrected chi connectivity index (χ4v) is 6.23. The van der Waals surface area contributed by atoms with Crippen molar-refractivity contribution in [2.24, 2.45) is 16.6 Å². The van der Waals surface area contributed by atoms with E-state index in [0.29, 0.717) is 16.5 Å². The number of amides is 1. The second-order valence-corrected chi connectivity index (χ2v) is 10.7. The number of ether oxygens (including phenoxy) is 1. The number of hydrogen-bond acceptors (Lipinski definition) is 8. The highest BCUT2D eigenvalue weighted by molar-refractivity contribution is 7.21. The summed E-state index contributed by atoms with van der Waals surface area (Å²) in [7, 11) is 1.72. The van der Waals surface area contributed by atoms with Gasteiger partial charge in [-0.15, -0.1) is 11.3 Å². The Morgan fingerprint density at radius 1 is 1.36 bits per heavy atom. The number of carbonyl (C=O) groups excluding carboxylic acids is 1. The van der Waals surface area contributed by atoms with Crippen LogP contribution in [-0.4, -0.2) is 65.6 Å². The first kappa shape index (κ1) is 22.3. The number of hydrogen-bond donors (Lipinski definition) is 3. The molecule has 2 aromatic heterocycles. The first-order valence-corrected chi connectivity index (χ1v) is 12.4. The topological polar surface area (TPSA) is 119 Å². The van der Waals surface area contributed by atoms with Crippen LogP contribution >= 0.6 is 11.3 Å². The maximum atomic E-state index is 13.0. The molecule has 2 aromatic rings. The third-order valence-electron chi connectivity index (χ3n) is 7.42. The molecule has 33 heavy (non-hydrogen) atoms. The van der Waals surface area contributed by atoms with E-state index >= 15 is 0 Å². The highest BCUT2D eigenvalue weighted by Crippen LogP contribution is 2.35. The van der Waals surface area contributed by atoms with E-state index < -0.39 is 0 Å². The molecule has 0 spiro atoms. The molecule has 9 heteroatoms. The lowest BCUT2D eigenvalue weighted by molar-refractivity contribution is 0.00773. The Morgan fingerprint density at radius 3 is 2.94 bits per heavy atom. The summed E-state index contributed by atoms with van der Waals surface area (Å²) in [6, 6.07) is 4.17. The van der Waals surface area contributed by atoms with Crippen molar-refractivity contribution in [2.75, 3.05) is 25.9 Å². The molecular weight excluding hydrogens is 436 g/mol. The summed E-state index contributed by atoms with van der Waals surface area (Å²) in [4.78, 5) is 26.2. The number of aliphatic imine (C=N–C) groups is 1. The smallest absolute Gasteiger partial charge is 0.263 e. The number of amidine groups is 1. The molecule has 0 radical (unpaired) electrons. The Labute approximate surface area is 198 Å². The van der Waals surface area contributed by atoms with Gasteiger partial charge in [-0.05, 0) is 51.3 Å². The molecule has 1 saturated carbocycles. The summed E-state index contributed by atoms with van der Waals surface area (Å²) in [5.74, 6) is 1.21. The van der Waals surface area contributed by atoms with Crippen molar-refractivity contribution in [1.82, 2.24) is 15.2 Å². The molecule has 8 nitrogen and oxygen atoms in total. The minimum Gasteiger partial charge on any atom is -0.397 e. The maximum Gasteiger partial charge on any atom is 0.263 e. The third kappa shape index (κ3) is 4.02. The van der Waals surface area contributed by atoms with Crippen LogP contribution in [-0.2, 0) is 4.74 Å². The summed E-state index contributed by atoms with van der Waals surface area (Å²) in [5.41, 5.74) is 13.7. The van der Waals surface area contributed by atoms with Gasteiger partial charge in [-0.25, -0.2) is 4.98 Å². The van der Waals surface area contributed by atoms with E-state index in [0.717, 1.165) is 54.1 Å². The number of pyridine rings is 1. The van der Waals surface area contributed by atoms with Gasteiger partial charge in [0.2, 0.25) is 0 Å². The van der Waals surface area contributed by atoms with E-state index in [1.807, 2.05) is 19.1 Å². The standard InChI is InChI=1S/C24H32N6O2S/c1-13-4-7-16-20(26)21(33-23(16)27-13)22(31)28-15-6-8-17-14(10-15)5-9-19(29-17)30-11-18(25)24(2,12-30)32-3/h4-5,7,9,14-15,17-18H,6,8,10-12,25-26H2,1-3H3,(H,28,31)/t14?,15-,17?,18-,24+/m0/s1. The molecule has 5 rings (SSSR count). The van der Waals surface area contributed by atoms with Crippen molar-refractivity contribution < 1.29 is 9.53 Å². The number of aryl methyl sites for hydroxylation is 1.